The maximum absolute atomic E-state index is 12.2. The zero-order chi connectivity index (χ0) is 15.3. The van der Waals surface area contributed by atoms with Gasteiger partial charge >= 0.3 is 0 Å². The Balaban J connectivity index is 1.63. The highest BCUT2D eigenvalue weighted by Gasteiger charge is 2.39. The average molecular weight is 300 g/mol. The molecule has 116 valence electrons. The van der Waals surface area contributed by atoms with E-state index in [0.717, 1.165) is 13.1 Å². The minimum absolute atomic E-state index is 0.0298. The molecule has 0 aromatic carbocycles. The molecule has 2 aliphatic rings. The van der Waals surface area contributed by atoms with Crippen LogP contribution in [0.2, 0.25) is 0 Å². The molecule has 2 aromatic rings. The number of nitrogens with zero attached hydrogens (tertiary/aromatic N) is 3. The number of rotatable bonds is 2. The van der Waals surface area contributed by atoms with Gasteiger partial charge in [-0.2, -0.15) is 0 Å². The molecule has 1 aliphatic heterocycles. The van der Waals surface area contributed by atoms with Crippen molar-refractivity contribution in [1.29, 1.82) is 0 Å². The number of aromatic nitrogens is 2. The molecule has 1 saturated heterocycles. The standard InChI is InChI=1S/C16H20N4O2/c17-15-10-3-4-11(15)8-19(7-10)9-12-6-14(22)20-5-1-2-13(21)16(20)18-12/h1-2,5-6,10-11,15,21H,3-4,7-9,17H2/t10-,11+,15?. The first kappa shape index (κ1) is 13.7. The van der Waals surface area contributed by atoms with Crippen molar-refractivity contribution >= 4 is 5.65 Å². The van der Waals surface area contributed by atoms with Crippen molar-refractivity contribution in [3.63, 3.8) is 0 Å². The molecule has 6 nitrogen and oxygen atoms in total. The second kappa shape index (κ2) is 5.07. The van der Waals surface area contributed by atoms with Gasteiger partial charge in [0.1, 0.15) is 0 Å². The minimum atomic E-state index is -0.160. The Morgan fingerprint density at radius 1 is 1.32 bits per heavy atom. The van der Waals surface area contributed by atoms with Crippen molar-refractivity contribution in [3.05, 3.63) is 40.4 Å². The van der Waals surface area contributed by atoms with Crippen LogP contribution >= 0.6 is 0 Å². The molecule has 22 heavy (non-hydrogen) atoms. The molecule has 1 saturated carbocycles. The van der Waals surface area contributed by atoms with Gasteiger partial charge in [-0.1, -0.05) is 0 Å². The van der Waals surface area contributed by atoms with Gasteiger partial charge in [-0.05, 0) is 36.8 Å². The van der Waals surface area contributed by atoms with Crippen molar-refractivity contribution in [2.75, 3.05) is 13.1 Å². The number of fused-ring (bicyclic) bond motifs is 3. The molecule has 4 rings (SSSR count). The van der Waals surface area contributed by atoms with Gasteiger partial charge in [-0.25, -0.2) is 4.98 Å². The number of hydrogen-bond acceptors (Lipinski definition) is 5. The predicted octanol–water partition coefficient (Wildman–Crippen LogP) is 0.569. The van der Waals surface area contributed by atoms with Crippen LogP contribution in [0.5, 0.6) is 5.75 Å². The minimum Gasteiger partial charge on any atom is -0.504 e. The first-order chi connectivity index (χ1) is 10.6. The Labute approximate surface area is 128 Å². The van der Waals surface area contributed by atoms with Crippen molar-refractivity contribution < 1.29 is 5.11 Å². The van der Waals surface area contributed by atoms with E-state index in [1.165, 1.54) is 17.2 Å². The molecule has 2 bridgehead atoms. The SMILES string of the molecule is NC1[C@@H]2CC[C@H]1CN(Cc1cc(=O)n3cccc(O)c3n1)C2. The zero-order valence-electron chi connectivity index (χ0n) is 12.4. The monoisotopic (exact) mass is 300 g/mol. The highest BCUT2D eigenvalue weighted by atomic mass is 16.3. The van der Waals surface area contributed by atoms with E-state index in [4.69, 9.17) is 5.73 Å². The molecule has 0 amide bonds. The molecule has 3 atom stereocenters. The van der Waals surface area contributed by atoms with Gasteiger partial charge in [0.2, 0.25) is 0 Å². The molecular weight excluding hydrogens is 280 g/mol. The summed E-state index contributed by atoms with van der Waals surface area (Å²) in [7, 11) is 0. The Bertz CT molecular complexity index is 758. The molecule has 3 heterocycles. The number of nitrogens with two attached hydrogens (primary N) is 1. The molecule has 3 N–H and O–H groups in total. The summed E-state index contributed by atoms with van der Waals surface area (Å²) in [4.78, 5) is 19.0. The third-order valence-electron chi connectivity index (χ3n) is 5.09. The van der Waals surface area contributed by atoms with Crippen molar-refractivity contribution in [3.8, 4) is 5.75 Å². The molecule has 2 fully saturated rings. The summed E-state index contributed by atoms with van der Waals surface area (Å²) in [5.74, 6) is 1.16. The van der Waals surface area contributed by atoms with E-state index in [1.54, 1.807) is 24.4 Å². The van der Waals surface area contributed by atoms with Crippen LogP contribution in [0.15, 0.2) is 29.2 Å². The largest absolute Gasteiger partial charge is 0.504 e. The fourth-order valence-corrected chi connectivity index (χ4v) is 3.96. The molecule has 6 heteroatoms. The normalized spacial score (nSPS) is 28.3. The molecule has 1 aliphatic carbocycles. The van der Waals surface area contributed by atoms with Crippen LogP contribution in [-0.2, 0) is 6.54 Å². The summed E-state index contributed by atoms with van der Waals surface area (Å²) in [6.45, 7) is 2.58. The maximum Gasteiger partial charge on any atom is 0.258 e. The number of hydrogen-bond donors (Lipinski definition) is 2. The van der Waals surface area contributed by atoms with Gasteiger partial charge < -0.3 is 10.8 Å². The molecule has 2 aromatic heterocycles. The van der Waals surface area contributed by atoms with E-state index < -0.39 is 0 Å². The number of piperidine rings is 1. The smallest absolute Gasteiger partial charge is 0.258 e. The van der Waals surface area contributed by atoms with Crippen molar-refractivity contribution in [1.82, 2.24) is 14.3 Å². The van der Waals surface area contributed by atoms with Crippen molar-refractivity contribution in [2.45, 2.75) is 25.4 Å². The van der Waals surface area contributed by atoms with Gasteiger partial charge in [-0.15, -0.1) is 0 Å². The van der Waals surface area contributed by atoms with E-state index in [2.05, 4.69) is 9.88 Å². The van der Waals surface area contributed by atoms with Gasteiger partial charge in [0.15, 0.2) is 11.4 Å². The Kier molecular flexibility index (Phi) is 3.16. The van der Waals surface area contributed by atoms with Crippen LogP contribution < -0.4 is 11.3 Å². The summed E-state index contributed by atoms with van der Waals surface area (Å²) in [6.07, 6.45) is 4.03. The highest BCUT2D eigenvalue weighted by molar-refractivity contribution is 5.52. The summed E-state index contributed by atoms with van der Waals surface area (Å²) in [5, 5.41) is 9.90. The molecule has 0 radical (unpaired) electrons. The average Bonchev–Trinajstić information content (AvgIpc) is 2.71. The van der Waals surface area contributed by atoms with E-state index >= 15 is 0 Å². The highest BCUT2D eigenvalue weighted by Crippen LogP contribution is 2.35. The van der Waals surface area contributed by atoms with E-state index in [1.807, 2.05) is 0 Å². The van der Waals surface area contributed by atoms with E-state index in [-0.39, 0.29) is 11.3 Å². The van der Waals surface area contributed by atoms with E-state index in [9.17, 15) is 9.90 Å². The van der Waals surface area contributed by atoms with Gasteiger partial charge in [0.25, 0.3) is 5.56 Å². The summed E-state index contributed by atoms with van der Waals surface area (Å²) in [5.41, 5.74) is 7.10. The maximum atomic E-state index is 12.2. The lowest BCUT2D eigenvalue weighted by molar-refractivity contribution is 0.139. The van der Waals surface area contributed by atoms with Crippen LogP contribution in [0.1, 0.15) is 18.5 Å². The van der Waals surface area contributed by atoms with Crippen LogP contribution in [0.25, 0.3) is 5.65 Å². The number of pyridine rings is 1. The number of aromatic hydroxyl groups is 1. The predicted molar refractivity (Wildman–Crippen MR) is 82.6 cm³/mol. The van der Waals surface area contributed by atoms with E-state index in [0.29, 0.717) is 35.8 Å². The van der Waals surface area contributed by atoms with Crippen LogP contribution in [0, 0.1) is 11.8 Å². The number of likely N-dealkylation sites (tertiary alicyclic amines) is 1. The van der Waals surface area contributed by atoms with Crippen LogP contribution in [0.3, 0.4) is 0 Å². The quantitative estimate of drug-likeness (QED) is 0.847. The van der Waals surface area contributed by atoms with Crippen LogP contribution in [0.4, 0.5) is 0 Å². The third kappa shape index (κ3) is 2.19. The van der Waals surface area contributed by atoms with Gasteiger partial charge in [0.05, 0.1) is 5.69 Å². The fraction of sp³-hybridized carbons (Fsp3) is 0.500. The van der Waals surface area contributed by atoms with Crippen LogP contribution in [-0.4, -0.2) is 38.5 Å². The summed E-state index contributed by atoms with van der Waals surface area (Å²) >= 11 is 0. The second-order valence-electron chi connectivity index (χ2n) is 6.54. The van der Waals surface area contributed by atoms with Gasteiger partial charge in [0, 0.05) is 37.9 Å². The molecule has 1 unspecified atom stereocenters. The van der Waals surface area contributed by atoms with Gasteiger partial charge in [-0.3, -0.25) is 14.1 Å². The zero-order valence-corrected chi connectivity index (χ0v) is 12.4. The fourth-order valence-electron chi connectivity index (χ4n) is 3.96. The molecular formula is C16H20N4O2. The Hall–Kier alpha value is -1.92. The first-order valence-electron chi connectivity index (χ1n) is 7.80. The second-order valence-corrected chi connectivity index (χ2v) is 6.54. The Morgan fingerprint density at radius 2 is 2.05 bits per heavy atom. The summed E-state index contributed by atoms with van der Waals surface area (Å²) < 4.78 is 1.37. The lowest BCUT2D eigenvalue weighted by Gasteiger charge is -2.35. The lowest BCUT2D eigenvalue weighted by Crippen LogP contribution is -2.48. The van der Waals surface area contributed by atoms with Crippen molar-refractivity contribution in [2.24, 2.45) is 17.6 Å². The topological polar surface area (TPSA) is 83.9 Å². The molecule has 0 spiro atoms. The summed E-state index contributed by atoms with van der Waals surface area (Å²) in [6, 6.07) is 5.07. The Morgan fingerprint density at radius 3 is 2.77 bits per heavy atom. The first-order valence-corrected chi connectivity index (χ1v) is 7.80. The third-order valence-corrected chi connectivity index (χ3v) is 5.09. The lowest BCUT2D eigenvalue weighted by atomic mass is 9.93.